The summed E-state index contributed by atoms with van der Waals surface area (Å²) in [7, 11) is 0. The Labute approximate surface area is 302 Å². The summed E-state index contributed by atoms with van der Waals surface area (Å²) in [5.41, 5.74) is 9.03. The summed E-state index contributed by atoms with van der Waals surface area (Å²) >= 11 is 0. The molecule has 0 spiro atoms. The van der Waals surface area contributed by atoms with Gasteiger partial charge in [-0.15, -0.1) is 24.8 Å². The molecule has 2 fully saturated rings. The number of carbonyl (C=O) groups is 2. The lowest BCUT2D eigenvalue weighted by Crippen LogP contribution is -2.58. The molecule has 6 aliphatic heterocycles. The van der Waals surface area contributed by atoms with E-state index in [0.717, 1.165) is 70.9 Å². The fraction of sp³-hybridized carbons (Fsp3) is 0.412. The number of amides is 2. The number of hydrogen-bond acceptors (Lipinski definition) is 10. The van der Waals surface area contributed by atoms with E-state index in [-0.39, 0.29) is 59.8 Å². The Morgan fingerprint density at radius 1 is 0.740 bits per heavy atom. The van der Waals surface area contributed by atoms with Crippen LogP contribution < -0.4 is 40.8 Å². The fourth-order valence-corrected chi connectivity index (χ4v) is 7.46. The highest BCUT2D eigenvalue weighted by atomic mass is 35.5. The monoisotopic (exact) mass is 723 g/mol. The number of anilines is 2. The number of rotatable bonds is 2. The first-order chi connectivity index (χ1) is 23.5. The van der Waals surface area contributed by atoms with E-state index in [1.54, 1.807) is 0 Å². The van der Waals surface area contributed by atoms with Crippen molar-refractivity contribution >= 4 is 81.5 Å². The van der Waals surface area contributed by atoms with Gasteiger partial charge >= 0.3 is 0 Å². The Balaban J connectivity index is 0.000000153. The van der Waals surface area contributed by atoms with Crippen molar-refractivity contribution in [3.05, 3.63) is 48.8 Å². The van der Waals surface area contributed by atoms with E-state index in [9.17, 15) is 9.59 Å². The first-order valence-corrected chi connectivity index (χ1v) is 16.3. The molecule has 4 aromatic rings. The Hall–Kier alpha value is -4.50. The molecule has 0 bridgehead atoms. The van der Waals surface area contributed by atoms with Gasteiger partial charge in [0.25, 0.3) is 11.8 Å². The van der Waals surface area contributed by atoms with Gasteiger partial charge in [-0.3, -0.25) is 9.59 Å². The molecule has 8 heterocycles. The zero-order chi connectivity index (χ0) is 33.8. The third kappa shape index (κ3) is 4.99. The average Bonchev–Trinajstić information content (AvgIpc) is 3.64. The second-order valence-electron chi connectivity index (χ2n) is 13.9. The van der Waals surface area contributed by atoms with Crippen LogP contribution in [0.4, 0.5) is 11.4 Å². The first-order valence-electron chi connectivity index (χ1n) is 16.8. The standard InChI is InChI=1S/2C17H19N5O2.2ClH/c2*1-10-16(23)20-19-15-7-24-14-5-11-3-4-21(17(2)8-18-9-17)12(11)6-13(14)22(10)15;;/h2*3-6,10,18H,7-9H2,1-2H3,(H,20,23);2*1H/i3D;;;. The van der Waals surface area contributed by atoms with Gasteiger partial charge in [0.1, 0.15) is 36.8 Å². The maximum Gasteiger partial charge on any atom is 0.262 e. The van der Waals surface area contributed by atoms with Crippen molar-refractivity contribution in [2.45, 2.75) is 50.9 Å². The summed E-state index contributed by atoms with van der Waals surface area (Å²) in [5.74, 6) is 2.69. The fourth-order valence-electron chi connectivity index (χ4n) is 7.46. The summed E-state index contributed by atoms with van der Waals surface area (Å²) in [6.07, 6.45) is 4.02. The van der Waals surface area contributed by atoms with Crippen LogP contribution in [0.25, 0.3) is 21.8 Å². The van der Waals surface area contributed by atoms with E-state index >= 15 is 0 Å². The molecule has 2 saturated heterocycles. The van der Waals surface area contributed by atoms with Crippen molar-refractivity contribution in [2.75, 3.05) is 49.2 Å². The number of hydrogen-bond donors (Lipinski definition) is 4. The van der Waals surface area contributed by atoms with Gasteiger partial charge in [0, 0.05) is 49.3 Å². The number of amidine groups is 2. The van der Waals surface area contributed by atoms with Crippen molar-refractivity contribution < 1.29 is 20.4 Å². The predicted molar refractivity (Wildman–Crippen MR) is 197 cm³/mol. The van der Waals surface area contributed by atoms with Gasteiger partial charge in [0.2, 0.25) is 0 Å². The zero-order valence-electron chi connectivity index (χ0n) is 29.1. The van der Waals surface area contributed by atoms with E-state index in [4.69, 9.17) is 10.8 Å². The molecule has 2 aromatic carbocycles. The molecule has 2 atom stereocenters. The minimum absolute atomic E-state index is 0. The minimum atomic E-state index is -0.354. The quantitative estimate of drug-likeness (QED) is 0.248. The summed E-state index contributed by atoms with van der Waals surface area (Å²) in [6.45, 7) is 12.5. The van der Waals surface area contributed by atoms with E-state index in [0.29, 0.717) is 30.8 Å². The van der Waals surface area contributed by atoms with Crippen LogP contribution in [0.1, 0.15) is 29.1 Å². The van der Waals surface area contributed by atoms with Crippen molar-refractivity contribution in [1.29, 1.82) is 0 Å². The number of hydrazone groups is 2. The maximum atomic E-state index is 12.1. The van der Waals surface area contributed by atoms with Crippen LogP contribution in [0.15, 0.2) is 59.0 Å². The van der Waals surface area contributed by atoms with Gasteiger partial charge < -0.3 is 39.0 Å². The number of halogens is 2. The molecule has 2 unspecified atom stereocenters. The van der Waals surface area contributed by atoms with Crippen molar-refractivity contribution in [3.63, 3.8) is 0 Å². The Morgan fingerprint density at radius 2 is 1.20 bits per heavy atom. The molecule has 14 nitrogen and oxygen atoms in total. The van der Waals surface area contributed by atoms with E-state index in [2.05, 4.69) is 79.1 Å². The van der Waals surface area contributed by atoms with Gasteiger partial charge in [-0.05, 0) is 64.1 Å². The van der Waals surface area contributed by atoms with Crippen LogP contribution in [0, 0.1) is 0 Å². The smallest absolute Gasteiger partial charge is 0.262 e. The lowest BCUT2D eigenvalue weighted by atomic mass is 9.94. The molecule has 6 aliphatic rings. The molecule has 2 aromatic heterocycles. The van der Waals surface area contributed by atoms with Gasteiger partial charge in [-0.25, -0.2) is 10.9 Å². The largest absolute Gasteiger partial charge is 0.483 e. The number of carbonyl (C=O) groups excluding carboxylic acids is 2. The van der Waals surface area contributed by atoms with Crippen LogP contribution in [-0.2, 0) is 20.7 Å². The summed E-state index contributed by atoms with van der Waals surface area (Å²) in [5, 5.41) is 16.9. The lowest BCUT2D eigenvalue weighted by molar-refractivity contribution is -0.123. The van der Waals surface area contributed by atoms with Crippen molar-refractivity contribution in [3.8, 4) is 11.5 Å². The van der Waals surface area contributed by atoms with Gasteiger partial charge in [0.05, 0.1) is 34.9 Å². The number of nitrogens with zero attached hydrogens (tertiary/aromatic N) is 6. The molecule has 0 aliphatic carbocycles. The summed E-state index contributed by atoms with van der Waals surface area (Å²) in [6, 6.07) is 10.1. The highest BCUT2D eigenvalue weighted by Gasteiger charge is 2.39. The Morgan fingerprint density at radius 3 is 1.68 bits per heavy atom. The molecule has 4 N–H and O–H groups in total. The molecule has 2 amide bonds. The van der Waals surface area contributed by atoms with E-state index in [1.165, 1.54) is 0 Å². The van der Waals surface area contributed by atoms with Crippen LogP contribution in [0.3, 0.4) is 0 Å². The molecule has 10 rings (SSSR count). The predicted octanol–water partition coefficient (Wildman–Crippen LogP) is 2.82. The van der Waals surface area contributed by atoms with Crippen LogP contribution in [0.5, 0.6) is 11.5 Å². The third-order valence-corrected chi connectivity index (χ3v) is 10.6. The number of aromatic nitrogens is 2. The first kappa shape index (κ1) is 32.7. The molecular weight excluding hydrogens is 683 g/mol. The second kappa shape index (κ2) is 12.1. The Kier molecular flexibility index (Phi) is 7.90. The Bertz CT molecular complexity index is 2160. The molecule has 16 heteroatoms. The molecule has 50 heavy (non-hydrogen) atoms. The lowest BCUT2D eigenvalue weighted by Gasteiger charge is -2.42. The van der Waals surface area contributed by atoms with E-state index < -0.39 is 0 Å². The van der Waals surface area contributed by atoms with Gasteiger partial charge in [-0.1, -0.05) is 0 Å². The number of nitrogens with one attached hydrogen (secondary N) is 4. The summed E-state index contributed by atoms with van der Waals surface area (Å²) < 4.78 is 24.5. The highest BCUT2D eigenvalue weighted by molar-refractivity contribution is 6.11. The van der Waals surface area contributed by atoms with Crippen molar-refractivity contribution in [2.24, 2.45) is 10.2 Å². The zero-order valence-corrected chi connectivity index (χ0v) is 29.7. The second-order valence-corrected chi connectivity index (χ2v) is 13.9. The number of ether oxygens (including phenoxy) is 2. The maximum absolute atomic E-state index is 12.1. The van der Waals surface area contributed by atoms with Gasteiger partial charge in [0.15, 0.2) is 11.7 Å². The van der Waals surface area contributed by atoms with Crippen molar-refractivity contribution in [1.82, 2.24) is 30.6 Å². The molecule has 0 radical (unpaired) electrons. The topological polar surface area (TPSA) is 142 Å². The van der Waals surface area contributed by atoms with E-state index in [1.807, 2.05) is 42.0 Å². The average molecular weight is 725 g/mol. The highest BCUT2D eigenvalue weighted by Crippen LogP contribution is 2.41. The minimum Gasteiger partial charge on any atom is -0.483 e. The molecule has 264 valence electrons. The van der Waals surface area contributed by atoms with Crippen LogP contribution in [-0.4, -0.2) is 84.1 Å². The number of benzene rings is 2. The van der Waals surface area contributed by atoms with Gasteiger partial charge in [-0.2, -0.15) is 10.2 Å². The normalized spacial score (nSPS) is 23.7. The molecular formula is C34H40Cl2N10O4. The molecule has 0 saturated carbocycles. The summed E-state index contributed by atoms with van der Waals surface area (Å²) in [4.78, 5) is 28.0. The number of fused-ring (bicyclic) bond motifs is 8. The van der Waals surface area contributed by atoms with Crippen LogP contribution in [0.2, 0.25) is 0 Å². The van der Waals surface area contributed by atoms with Crippen LogP contribution >= 0.6 is 24.8 Å². The SMILES string of the molecule is CC1C(=O)NN=C2COc3cc4ccn(C5(C)CNC5)c4cc3N21.Cl.Cl.[2H]c1cn(C2(C)CNC2)c2cc3c(cc12)OCC1=NNC(=O)C(C)N13. The third-order valence-electron chi connectivity index (χ3n) is 10.6.